The summed E-state index contributed by atoms with van der Waals surface area (Å²) < 4.78 is 70.9. The molecule has 0 saturated heterocycles. The smallest absolute Gasteiger partial charge is 0.309 e. The molecule has 0 radical (unpaired) electrons. The summed E-state index contributed by atoms with van der Waals surface area (Å²) in [7, 11) is 0. The van der Waals surface area contributed by atoms with Crippen LogP contribution in [0.1, 0.15) is 33.1 Å². The molecule has 0 unspecified atom stereocenters. The molecular weight excluding hydrogens is 264 g/mol. The Morgan fingerprint density at radius 3 is 1.83 bits per heavy atom. The van der Waals surface area contributed by atoms with Crippen molar-refractivity contribution < 1.29 is 31.1 Å². The van der Waals surface area contributed by atoms with Gasteiger partial charge in [-0.1, -0.05) is 20.3 Å². The molecule has 0 amide bonds. The van der Waals surface area contributed by atoms with E-state index in [1.807, 2.05) is 6.92 Å². The first-order valence-corrected chi connectivity index (χ1v) is 5.60. The molecule has 0 atom stereocenters. The fourth-order valence-corrected chi connectivity index (χ4v) is 0.739. The van der Waals surface area contributed by atoms with E-state index in [9.17, 15) is 26.3 Å². The second kappa shape index (κ2) is 10.4. The third kappa shape index (κ3) is 24.6. The van der Waals surface area contributed by atoms with Gasteiger partial charge in [-0.3, -0.25) is 4.74 Å². The molecule has 112 valence electrons. The van der Waals surface area contributed by atoms with Crippen molar-refractivity contribution in [3.05, 3.63) is 0 Å². The van der Waals surface area contributed by atoms with Crippen LogP contribution >= 0.6 is 0 Å². The summed E-state index contributed by atoms with van der Waals surface area (Å²) in [6, 6.07) is 0. The zero-order valence-corrected chi connectivity index (χ0v) is 10.4. The third-order valence-electron chi connectivity index (χ3n) is 1.52. The first-order valence-electron chi connectivity index (χ1n) is 5.60. The quantitative estimate of drug-likeness (QED) is 0.590. The minimum Gasteiger partial charge on any atom is -0.309 e. The first-order chi connectivity index (χ1) is 8.12. The summed E-state index contributed by atoms with van der Waals surface area (Å²) in [6.07, 6.45) is -6.60. The van der Waals surface area contributed by atoms with E-state index in [4.69, 9.17) is 0 Å². The Kier molecular flexibility index (Phi) is 11.5. The van der Waals surface area contributed by atoms with Crippen molar-refractivity contribution in [1.82, 2.24) is 5.32 Å². The van der Waals surface area contributed by atoms with Crippen molar-refractivity contribution in [1.29, 1.82) is 0 Å². The van der Waals surface area contributed by atoms with E-state index in [0.29, 0.717) is 13.0 Å². The standard InChI is InChI=1S/C5H10F3N.C5H9F3O/c1-2-3-9-4-5(6,7)8;1-2-3-4-9-5(6,7)8/h9H,2-4H2,1H3;2-4H2,1H3. The van der Waals surface area contributed by atoms with Gasteiger partial charge in [0.05, 0.1) is 13.2 Å². The predicted octanol–water partition coefficient (Wildman–Crippen LogP) is 3.87. The van der Waals surface area contributed by atoms with E-state index in [0.717, 1.165) is 12.8 Å². The lowest BCUT2D eigenvalue weighted by molar-refractivity contribution is -0.324. The van der Waals surface area contributed by atoms with Gasteiger partial charge in [-0.15, -0.1) is 13.2 Å². The average Bonchev–Trinajstić information content (AvgIpc) is 2.16. The Bertz CT molecular complexity index is 160. The van der Waals surface area contributed by atoms with Crippen LogP contribution in [0.25, 0.3) is 0 Å². The Labute approximate surface area is 103 Å². The van der Waals surface area contributed by atoms with Gasteiger partial charge in [0.1, 0.15) is 0 Å². The van der Waals surface area contributed by atoms with Gasteiger partial charge in [0.2, 0.25) is 0 Å². The van der Waals surface area contributed by atoms with Crippen molar-refractivity contribution in [2.45, 2.75) is 45.6 Å². The number of hydrogen-bond donors (Lipinski definition) is 1. The van der Waals surface area contributed by atoms with Gasteiger partial charge in [0.15, 0.2) is 0 Å². The van der Waals surface area contributed by atoms with E-state index in [2.05, 4.69) is 10.1 Å². The molecule has 0 spiro atoms. The second-order valence-corrected chi connectivity index (χ2v) is 3.44. The molecule has 0 fully saturated rings. The maximum Gasteiger partial charge on any atom is 0.522 e. The number of nitrogens with one attached hydrogen (secondary N) is 1. The minimum absolute atomic E-state index is 0.222. The molecule has 0 aliphatic carbocycles. The van der Waals surface area contributed by atoms with Gasteiger partial charge in [-0.05, 0) is 19.4 Å². The molecule has 0 aromatic carbocycles. The number of halogens is 6. The van der Waals surface area contributed by atoms with Crippen LogP contribution in [0.5, 0.6) is 0 Å². The van der Waals surface area contributed by atoms with E-state index < -0.39 is 19.1 Å². The van der Waals surface area contributed by atoms with Gasteiger partial charge >= 0.3 is 12.5 Å². The summed E-state index contributed by atoms with van der Waals surface area (Å²) in [4.78, 5) is 0. The van der Waals surface area contributed by atoms with Crippen molar-refractivity contribution in [2.75, 3.05) is 19.7 Å². The zero-order chi connectivity index (χ0) is 14.7. The molecule has 18 heavy (non-hydrogen) atoms. The molecule has 0 bridgehead atoms. The van der Waals surface area contributed by atoms with Crippen LogP contribution < -0.4 is 5.32 Å². The van der Waals surface area contributed by atoms with Crippen molar-refractivity contribution >= 4 is 0 Å². The summed E-state index contributed by atoms with van der Waals surface area (Å²) in [6.45, 7) is 2.96. The molecule has 0 aliphatic rings. The number of hydrogen-bond acceptors (Lipinski definition) is 2. The third-order valence-corrected chi connectivity index (χ3v) is 1.52. The van der Waals surface area contributed by atoms with E-state index in [1.54, 1.807) is 6.92 Å². The fraction of sp³-hybridized carbons (Fsp3) is 1.00. The number of rotatable bonds is 6. The molecule has 8 heteroatoms. The Morgan fingerprint density at radius 2 is 1.50 bits per heavy atom. The number of ether oxygens (including phenoxy) is 1. The van der Waals surface area contributed by atoms with Crippen LogP contribution in [0.4, 0.5) is 26.3 Å². The summed E-state index contributed by atoms with van der Waals surface area (Å²) >= 11 is 0. The van der Waals surface area contributed by atoms with Gasteiger partial charge < -0.3 is 5.32 Å². The second-order valence-electron chi connectivity index (χ2n) is 3.44. The van der Waals surface area contributed by atoms with Crippen LogP contribution in [0.15, 0.2) is 0 Å². The molecular formula is C10H19F6NO. The van der Waals surface area contributed by atoms with Crippen LogP contribution in [0, 0.1) is 0 Å². The molecule has 0 aromatic rings. The molecule has 0 aliphatic heterocycles. The highest BCUT2D eigenvalue weighted by Crippen LogP contribution is 2.16. The monoisotopic (exact) mass is 283 g/mol. The van der Waals surface area contributed by atoms with E-state index in [1.165, 1.54) is 0 Å². The van der Waals surface area contributed by atoms with Gasteiger partial charge in [-0.25, -0.2) is 0 Å². The van der Waals surface area contributed by atoms with Crippen LogP contribution in [-0.2, 0) is 4.74 Å². The topological polar surface area (TPSA) is 21.3 Å². The first kappa shape index (κ1) is 19.8. The van der Waals surface area contributed by atoms with E-state index in [-0.39, 0.29) is 6.61 Å². The predicted molar refractivity (Wildman–Crippen MR) is 56.1 cm³/mol. The maximum absolute atomic E-state index is 11.3. The Balaban J connectivity index is 0. The lowest BCUT2D eigenvalue weighted by Crippen LogP contribution is -2.29. The normalized spacial score (nSPS) is 12.0. The minimum atomic E-state index is -4.45. The summed E-state index contributed by atoms with van der Waals surface area (Å²) in [5, 5.41) is 2.25. The molecule has 1 N–H and O–H groups in total. The van der Waals surface area contributed by atoms with Gasteiger partial charge in [-0.2, -0.15) is 13.2 Å². The fourth-order valence-electron chi connectivity index (χ4n) is 0.739. The summed E-state index contributed by atoms with van der Waals surface area (Å²) in [5.41, 5.74) is 0. The van der Waals surface area contributed by atoms with Gasteiger partial charge in [0, 0.05) is 0 Å². The van der Waals surface area contributed by atoms with Crippen LogP contribution in [-0.4, -0.2) is 32.2 Å². The van der Waals surface area contributed by atoms with Gasteiger partial charge in [0.25, 0.3) is 0 Å². The number of unbranched alkanes of at least 4 members (excludes halogenated alkanes) is 1. The van der Waals surface area contributed by atoms with E-state index >= 15 is 0 Å². The van der Waals surface area contributed by atoms with Crippen LogP contribution in [0.3, 0.4) is 0 Å². The highest BCUT2D eigenvalue weighted by molar-refractivity contribution is 4.53. The Morgan fingerprint density at radius 1 is 0.944 bits per heavy atom. The van der Waals surface area contributed by atoms with Crippen molar-refractivity contribution in [3.63, 3.8) is 0 Å². The molecule has 0 saturated carbocycles. The molecule has 0 rings (SSSR count). The molecule has 0 aromatic heterocycles. The molecule has 0 heterocycles. The lowest BCUT2D eigenvalue weighted by atomic mass is 10.4. The maximum atomic E-state index is 11.3. The summed E-state index contributed by atoms with van der Waals surface area (Å²) in [5.74, 6) is 0. The zero-order valence-electron chi connectivity index (χ0n) is 10.4. The van der Waals surface area contributed by atoms with Crippen LogP contribution in [0.2, 0.25) is 0 Å². The lowest BCUT2D eigenvalue weighted by Gasteiger charge is -2.05. The Hall–Kier alpha value is -0.500. The average molecular weight is 283 g/mol. The molecule has 2 nitrogen and oxygen atoms in total. The highest BCUT2D eigenvalue weighted by atomic mass is 19.4. The number of alkyl halides is 6. The highest BCUT2D eigenvalue weighted by Gasteiger charge is 2.28. The van der Waals surface area contributed by atoms with Crippen molar-refractivity contribution in [3.8, 4) is 0 Å². The SMILES string of the molecule is CCCCOC(F)(F)F.CCCNCC(F)(F)F. The van der Waals surface area contributed by atoms with Crippen molar-refractivity contribution in [2.24, 2.45) is 0 Å². The largest absolute Gasteiger partial charge is 0.522 e.